The van der Waals surface area contributed by atoms with Crippen LogP contribution in [0.5, 0.6) is 0 Å². The van der Waals surface area contributed by atoms with Crippen LogP contribution in [0.2, 0.25) is 0 Å². The van der Waals surface area contributed by atoms with Gasteiger partial charge in [-0.3, -0.25) is 9.59 Å². The Morgan fingerprint density at radius 1 is 1.09 bits per heavy atom. The molecule has 120 valence electrons. The molecule has 0 saturated heterocycles. The van der Waals surface area contributed by atoms with Crippen LogP contribution in [0.3, 0.4) is 0 Å². The molecular weight excluding hydrogens is 295 g/mol. The standard InChI is InChI=1S/C18H19FN2O2/c1-12-4-3-5-14(10-12)13(2)11-20-17(22)18(23)21-16-8-6-15(19)7-9-16/h3-10,13H,11H2,1-2H3,(H,20,22)(H,21,23)/t13-/m1/s1. The van der Waals surface area contributed by atoms with Gasteiger partial charge in [-0.25, -0.2) is 4.39 Å². The summed E-state index contributed by atoms with van der Waals surface area (Å²) in [5.41, 5.74) is 2.62. The minimum atomic E-state index is -0.770. The van der Waals surface area contributed by atoms with Crippen LogP contribution in [0.1, 0.15) is 24.0 Å². The van der Waals surface area contributed by atoms with Crippen LogP contribution in [-0.2, 0) is 9.59 Å². The Morgan fingerprint density at radius 3 is 2.43 bits per heavy atom. The van der Waals surface area contributed by atoms with E-state index in [4.69, 9.17) is 0 Å². The lowest BCUT2D eigenvalue weighted by Crippen LogP contribution is -2.37. The highest BCUT2D eigenvalue weighted by atomic mass is 19.1. The molecule has 0 aliphatic rings. The Labute approximate surface area is 134 Å². The zero-order valence-corrected chi connectivity index (χ0v) is 13.1. The van der Waals surface area contributed by atoms with E-state index in [1.54, 1.807) is 0 Å². The summed E-state index contributed by atoms with van der Waals surface area (Å²) in [6, 6.07) is 13.2. The predicted molar refractivity (Wildman–Crippen MR) is 87.6 cm³/mol. The monoisotopic (exact) mass is 314 g/mol. The molecule has 0 spiro atoms. The molecule has 5 heteroatoms. The molecule has 2 amide bonds. The van der Waals surface area contributed by atoms with Gasteiger partial charge in [-0.2, -0.15) is 0 Å². The predicted octanol–water partition coefficient (Wildman–Crippen LogP) is 2.99. The Balaban J connectivity index is 1.86. The van der Waals surface area contributed by atoms with Crippen molar-refractivity contribution in [3.05, 3.63) is 65.5 Å². The minimum absolute atomic E-state index is 0.0949. The second-order valence-electron chi connectivity index (χ2n) is 5.49. The van der Waals surface area contributed by atoms with Crippen molar-refractivity contribution in [1.82, 2.24) is 5.32 Å². The molecule has 0 saturated carbocycles. The SMILES string of the molecule is Cc1cccc([C@H](C)CNC(=O)C(=O)Nc2ccc(F)cc2)c1. The zero-order valence-electron chi connectivity index (χ0n) is 13.1. The fourth-order valence-corrected chi connectivity index (χ4v) is 2.14. The summed E-state index contributed by atoms with van der Waals surface area (Å²) in [4.78, 5) is 23.6. The molecule has 0 aliphatic heterocycles. The van der Waals surface area contributed by atoms with Crippen LogP contribution in [0.15, 0.2) is 48.5 Å². The lowest BCUT2D eigenvalue weighted by atomic mass is 9.99. The molecule has 2 rings (SSSR count). The molecule has 2 aromatic rings. The third-order valence-corrected chi connectivity index (χ3v) is 3.49. The summed E-state index contributed by atoms with van der Waals surface area (Å²) in [7, 11) is 0. The second kappa shape index (κ2) is 7.54. The summed E-state index contributed by atoms with van der Waals surface area (Å²) >= 11 is 0. The smallest absolute Gasteiger partial charge is 0.313 e. The normalized spacial score (nSPS) is 11.6. The number of carbonyl (C=O) groups is 2. The van der Waals surface area contributed by atoms with E-state index in [1.807, 2.05) is 32.0 Å². The van der Waals surface area contributed by atoms with Gasteiger partial charge < -0.3 is 10.6 Å². The average Bonchev–Trinajstić information content (AvgIpc) is 2.54. The summed E-state index contributed by atoms with van der Waals surface area (Å²) in [5, 5.41) is 5.03. The first-order valence-corrected chi connectivity index (χ1v) is 7.37. The van der Waals surface area contributed by atoms with E-state index in [-0.39, 0.29) is 5.92 Å². The summed E-state index contributed by atoms with van der Waals surface area (Å²) in [6.45, 7) is 4.34. The Morgan fingerprint density at radius 2 is 1.78 bits per heavy atom. The van der Waals surface area contributed by atoms with E-state index in [0.29, 0.717) is 12.2 Å². The highest BCUT2D eigenvalue weighted by Gasteiger charge is 2.15. The summed E-state index contributed by atoms with van der Waals surface area (Å²) in [6.07, 6.45) is 0. The number of aryl methyl sites for hydroxylation is 1. The maximum Gasteiger partial charge on any atom is 0.313 e. The summed E-state index contributed by atoms with van der Waals surface area (Å²) < 4.78 is 12.8. The maximum absolute atomic E-state index is 12.8. The van der Waals surface area contributed by atoms with E-state index in [9.17, 15) is 14.0 Å². The third-order valence-electron chi connectivity index (χ3n) is 3.49. The van der Waals surface area contributed by atoms with Gasteiger partial charge in [0.05, 0.1) is 0 Å². The molecule has 0 heterocycles. The Kier molecular flexibility index (Phi) is 5.46. The van der Waals surface area contributed by atoms with Crippen molar-refractivity contribution < 1.29 is 14.0 Å². The molecule has 0 fully saturated rings. The van der Waals surface area contributed by atoms with Gasteiger partial charge in [0.25, 0.3) is 0 Å². The van der Waals surface area contributed by atoms with Gasteiger partial charge in [0.15, 0.2) is 0 Å². The topological polar surface area (TPSA) is 58.2 Å². The third kappa shape index (κ3) is 4.92. The van der Waals surface area contributed by atoms with E-state index in [0.717, 1.165) is 11.1 Å². The molecule has 2 aromatic carbocycles. The molecular formula is C18H19FN2O2. The number of rotatable bonds is 4. The molecule has 4 nitrogen and oxygen atoms in total. The lowest BCUT2D eigenvalue weighted by molar-refractivity contribution is -0.136. The molecule has 2 N–H and O–H groups in total. The van der Waals surface area contributed by atoms with Crippen LogP contribution >= 0.6 is 0 Å². The second-order valence-corrected chi connectivity index (χ2v) is 5.49. The first kappa shape index (κ1) is 16.7. The van der Waals surface area contributed by atoms with Crippen molar-refractivity contribution in [3.8, 4) is 0 Å². The van der Waals surface area contributed by atoms with Crippen LogP contribution in [0.4, 0.5) is 10.1 Å². The fraction of sp³-hybridized carbons (Fsp3) is 0.222. The Hall–Kier alpha value is -2.69. The fourth-order valence-electron chi connectivity index (χ4n) is 2.14. The first-order chi connectivity index (χ1) is 11.0. The van der Waals surface area contributed by atoms with E-state index >= 15 is 0 Å². The Bertz CT molecular complexity index is 698. The number of nitrogens with one attached hydrogen (secondary N) is 2. The summed E-state index contributed by atoms with van der Waals surface area (Å²) in [5.74, 6) is -1.79. The number of halogens is 1. The van der Waals surface area contributed by atoms with Crippen LogP contribution in [-0.4, -0.2) is 18.4 Å². The van der Waals surface area contributed by atoms with E-state index in [2.05, 4.69) is 16.7 Å². The molecule has 0 aliphatic carbocycles. The van der Waals surface area contributed by atoms with Crippen LogP contribution in [0, 0.1) is 12.7 Å². The largest absolute Gasteiger partial charge is 0.347 e. The molecule has 0 unspecified atom stereocenters. The maximum atomic E-state index is 12.8. The van der Waals surface area contributed by atoms with Gasteiger partial charge in [-0.05, 0) is 42.7 Å². The molecule has 23 heavy (non-hydrogen) atoms. The van der Waals surface area contributed by atoms with Crippen LogP contribution < -0.4 is 10.6 Å². The molecule has 1 atom stereocenters. The lowest BCUT2D eigenvalue weighted by Gasteiger charge is -2.13. The first-order valence-electron chi connectivity index (χ1n) is 7.37. The van der Waals surface area contributed by atoms with Crippen molar-refractivity contribution >= 4 is 17.5 Å². The van der Waals surface area contributed by atoms with Crippen molar-refractivity contribution in [3.63, 3.8) is 0 Å². The minimum Gasteiger partial charge on any atom is -0.347 e. The number of hydrogen-bond donors (Lipinski definition) is 2. The zero-order chi connectivity index (χ0) is 16.8. The van der Waals surface area contributed by atoms with E-state index < -0.39 is 17.6 Å². The number of anilines is 1. The number of amides is 2. The quantitative estimate of drug-likeness (QED) is 0.852. The van der Waals surface area contributed by atoms with Gasteiger partial charge in [-0.1, -0.05) is 36.8 Å². The number of hydrogen-bond acceptors (Lipinski definition) is 2. The van der Waals surface area contributed by atoms with Crippen molar-refractivity contribution in [2.24, 2.45) is 0 Å². The number of benzene rings is 2. The molecule has 0 radical (unpaired) electrons. The average molecular weight is 314 g/mol. The van der Waals surface area contributed by atoms with Gasteiger partial charge in [0, 0.05) is 12.2 Å². The van der Waals surface area contributed by atoms with Gasteiger partial charge in [0.2, 0.25) is 0 Å². The van der Waals surface area contributed by atoms with Gasteiger partial charge in [0.1, 0.15) is 5.82 Å². The molecule has 0 aromatic heterocycles. The van der Waals surface area contributed by atoms with Gasteiger partial charge in [-0.15, -0.1) is 0 Å². The van der Waals surface area contributed by atoms with Crippen LogP contribution in [0.25, 0.3) is 0 Å². The molecule has 0 bridgehead atoms. The van der Waals surface area contributed by atoms with E-state index in [1.165, 1.54) is 24.3 Å². The van der Waals surface area contributed by atoms with Crippen molar-refractivity contribution in [1.29, 1.82) is 0 Å². The van der Waals surface area contributed by atoms with Crippen molar-refractivity contribution in [2.45, 2.75) is 19.8 Å². The highest BCUT2D eigenvalue weighted by Crippen LogP contribution is 2.15. The van der Waals surface area contributed by atoms with Crippen molar-refractivity contribution in [2.75, 3.05) is 11.9 Å². The number of carbonyl (C=O) groups excluding carboxylic acids is 2. The van der Waals surface area contributed by atoms with Gasteiger partial charge >= 0.3 is 11.8 Å². The highest BCUT2D eigenvalue weighted by molar-refractivity contribution is 6.39.